The molecular weight excluding hydrogens is 292 g/mol. The maximum absolute atomic E-state index is 12.0. The average molecular weight is 312 g/mol. The van der Waals surface area contributed by atoms with Crippen molar-refractivity contribution in [2.45, 2.75) is 12.5 Å². The summed E-state index contributed by atoms with van der Waals surface area (Å²) in [6.45, 7) is 3.02. The molecule has 0 aromatic carbocycles. The third kappa shape index (κ3) is 6.06. The second kappa shape index (κ2) is 9.26. The zero-order chi connectivity index (χ0) is 15.7. The fourth-order valence-electron chi connectivity index (χ4n) is 1.86. The quantitative estimate of drug-likeness (QED) is 0.435. The van der Waals surface area contributed by atoms with Crippen molar-refractivity contribution in [3.05, 3.63) is 11.8 Å². The number of aliphatic carboxylic acids is 1. The largest absolute Gasteiger partial charge is 0.480 e. The number of carboxylic acid groups (broad SMARTS) is 1. The Hall–Kier alpha value is -1.72. The lowest BCUT2D eigenvalue weighted by molar-refractivity contribution is -0.141. The normalized spacial score (nSPS) is 17.0. The van der Waals surface area contributed by atoms with Gasteiger partial charge in [-0.05, 0) is 18.4 Å². The summed E-state index contributed by atoms with van der Waals surface area (Å²) in [4.78, 5) is 25.0. The molecule has 1 unspecified atom stereocenters. The van der Waals surface area contributed by atoms with Crippen LogP contribution in [0.3, 0.4) is 0 Å². The Labute approximate surface area is 128 Å². The number of nitrogens with one attached hydrogen (secondary N) is 2. The summed E-state index contributed by atoms with van der Waals surface area (Å²) < 4.78 is 0. The molecule has 1 atom stereocenters. The van der Waals surface area contributed by atoms with Crippen molar-refractivity contribution in [3.8, 4) is 6.07 Å². The monoisotopic (exact) mass is 312 g/mol. The van der Waals surface area contributed by atoms with Gasteiger partial charge >= 0.3 is 5.97 Å². The van der Waals surface area contributed by atoms with E-state index in [9.17, 15) is 9.59 Å². The third-order valence-electron chi connectivity index (χ3n) is 3.04. The smallest absolute Gasteiger partial charge is 0.326 e. The molecule has 21 heavy (non-hydrogen) atoms. The SMILES string of the molecule is CSCCC(NC(=O)/C(C#N)=C\N1CCNCC1)C(=O)O. The number of thioether (sulfide) groups is 1. The van der Waals surface area contributed by atoms with Gasteiger partial charge in [-0.15, -0.1) is 0 Å². The molecule has 0 saturated carbocycles. The lowest BCUT2D eigenvalue weighted by atomic mass is 10.2. The standard InChI is InChI=1S/C13H20N4O3S/c1-21-7-2-11(13(19)20)16-12(18)10(8-14)9-17-5-3-15-4-6-17/h9,11,15H,2-7H2,1H3,(H,16,18)(H,19,20)/b10-9-. The van der Waals surface area contributed by atoms with Gasteiger partial charge in [-0.3, -0.25) is 4.79 Å². The van der Waals surface area contributed by atoms with Crippen molar-refractivity contribution in [1.29, 1.82) is 5.26 Å². The predicted octanol–water partition coefficient (Wildman–Crippen LogP) is -0.378. The highest BCUT2D eigenvalue weighted by molar-refractivity contribution is 7.98. The Morgan fingerprint density at radius 3 is 2.71 bits per heavy atom. The predicted molar refractivity (Wildman–Crippen MR) is 80.7 cm³/mol. The van der Waals surface area contributed by atoms with Gasteiger partial charge in [0.15, 0.2) is 0 Å². The molecule has 1 amide bonds. The first-order chi connectivity index (χ1) is 10.1. The fraction of sp³-hybridized carbons (Fsp3) is 0.615. The van der Waals surface area contributed by atoms with Crippen LogP contribution in [0.25, 0.3) is 0 Å². The number of hydrogen-bond acceptors (Lipinski definition) is 6. The highest BCUT2D eigenvalue weighted by atomic mass is 32.2. The second-order valence-electron chi connectivity index (χ2n) is 4.59. The molecule has 1 aliphatic heterocycles. The molecule has 7 nitrogen and oxygen atoms in total. The Kier molecular flexibility index (Phi) is 7.64. The van der Waals surface area contributed by atoms with E-state index < -0.39 is 17.9 Å². The Balaban J connectivity index is 2.66. The Morgan fingerprint density at radius 2 is 2.19 bits per heavy atom. The molecule has 0 aromatic heterocycles. The van der Waals surface area contributed by atoms with Crippen molar-refractivity contribution < 1.29 is 14.7 Å². The number of amides is 1. The van der Waals surface area contributed by atoms with Crippen LogP contribution in [0, 0.1) is 11.3 Å². The zero-order valence-electron chi connectivity index (χ0n) is 12.0. The van der Waals surface area contributed by atoms with Crippen LogP contribution in [0.5, 0.6) is 0 Å². The summed E-state index contributed by atoms with van der Waals surface area (Å²) in [6.07, 6.45) is 3.70. The van der Waals surface area contributed by atoms with Crippen LogP contribution in [0.4, 0.5) is 0 Å². The first-order valence-electron chi connectivity index (χ1n) is 6.67. The molecule has 1 fully saturated rings. The lowest BCUT2D eigenvalue weighted by Crippen LogP contribution is -2.43. The number of rotatable bonds is 7. The minimum atomic E-state index is -1.09. The summed E-state index contributed by atoms with van der Waals surface area (Å²) in [6, 6.07) is 0.871. The summed E-state index contributed by atoms with van der Waals surface area (Å²) in [5, 5.41) is 23.7. The topological polar surface area (TPSA) is 105 Å². The van der Waals surface area contributed by atoms with Gasteiger partial charge in [-0.1, -0.05) is 0 Å². The number of nitrogens with zero attached hydrogens (tertiary/aromatic N) is 2. The van der Waals surface area contributed by atoms with Crippen LogP contribution < -0.4 is 10.6 Å². The number of piperazine rings is 1. The molecule has 0 radical (unpaired) electrons. The van der Waals surface area contributed by atoms with Crippen molar-refractivity contribution >= 4 is 23.6 Å². The van der Waals surface area contributed by atoms with Crippen LogP contribution in [0.2, 0.25) is 0 Å². The summed E-state index contributed by atoms with van der Waals surface area (Å²) >= 11 is 1.51. The molecule has 0 aromatic rings. The number of hydrogen-bond donors (Lipinski definition) is 3. The third-order valence-corrected chi connectivity index (χ3v) is 3.69. The highest BCUT2D eigenvalue weighted by Crippen LogP contribution is 2.04. The van der Waals surface area contributed by atoms with E-state index >= 15 is 0 Å². The van der Waals surface area contributed by atoms with Gasteiger partial charge in [0.1, 0.15) is 17.7 Å². The number of carbonyl (C=O) groups excluding carboxylic acids is 1. The Bertz CT molecular complexity index is 441. The van der Waals surface area contributed by atoms with E-state index in [1.807, 2.05) is 17.2 Å². The van der Waals surface area contributed by atoms with Gasteiger partial charge in [0.25, 0.3) is 5.91 Å². The van der Waals surface area contributed by atoms with Gasteiger partial charge in [-0.25, -0.2) is 4.79 Å². The molecule has 8 heteroatoms. The van der Waals surface area contributed by atoms with E-state index in [0.29, 0.717) is 25.3 Å². The first kappa shape index (κ1) is 17.3. The lowest BCUT2D eigenvalue weighted by Gasteiger charge is -2.26. The summed E-state index contributed by atoms with van der Waals surface area (Å²) in [5.74, 6) is -1.10. The summed E-state index contributed by atoms with van der Waals surface area (Å²) in [5.41, 5.74) is -0.0627. The van der Waals surface area contributed by atoms with Crippen LogP contribution >= 0.6 is 11.8 Å². The van der Waals surface area contributed by atoms with Crippen molar-refractivity contribution in [2.75, 3.05) is 38.2 Å². The number of carboxylic acids is 1. The minimum absolute atomic E-state index is 0.0627. The molecule has 0 bridgehead atoms. The van der Waals surface area contributed by atoms with E-state index in [4.69, 9.17) is 10.4 Å². The number of carbonyl (C=O) groups is 2. The van der Waals surface area contributed by atoms with Crippen LogP contribution in [-0.2, 0) is 9.59 Å². The van der Waals surface area contributed by atoms with Crippen LogP contribution in [-0.4, -0.2) is 66.1 Å². The molecule has 116 valence electrons. The molecule has 1 rings (SSSR count). The summed E-state index contributed by atoms with van der Waals surface area (Å²) in [7, 11) is 0. The molecule has 0 aliphatic carbocycles. The fourth-order valence-corrected chi connectivity index (χ4v) is 2.33. The van der Waals surface area contributed by atoms with Crippen molar-refractivity contribution in [1.82, 2.24) is 15.5 Å². The van der Waals surface area contributed by atoms with Gasteiger partial charge in [0.05, 0.1) is 0 Å². The van der Waals surface area contributed by atoms with Gasteiger partial charge in [-0.2, -0.15) is 17.0 Å². The van der Waals surface area contributed by atoms with E-state index in [-0.39, 0.29) is 5.57 Å². The second-order valence-corrected chi connectivity index (χ2v) is 5.57. The van der Waals surface area contributed by atoms with Gasteiger partial charge < -0.3 is 20.6 Å². The molecule has 1 aliphatic rings. The zero-order valence-corrected chi connectivity index (χ0v) is 12.8. The van der Waals surface area contributed by atoms with E-state index in [0.717, 1.165) is 13.1 Å². The molecule has 1 heterocycles. The first-order valence-corrected chi connectivity index (χ1v) is 8.07. The number of nitriles is 1. The average Bonchev–Trinajstić information content (AvgIpc) is 2.49. The van der Waals surface area contributed by atoms with Crippen LogP contribution in [0.15, 0.2) is 11.8 Å². The maximum atomic E-state index is 12.0. The van der Waals surface area contributed by atoms with Crippen molar-refractivity contribution in [2.24, 2.45) is 0 Å². The van der Waals surface area contributed by atoms with Crippen molar-refractivity contribution in [3.63, 3.8) is 0 Å². The maximum Gasteiger partial charge on any atom is 0.326 e. The Morgan fingerprint density at radius 1 is 1.52 bits per heavy atom. The molecule has 0 spiro atoms. The van der Waals surface area contributed by atoms with Gasteiger partial charge in [0, 0.05) is 32.4 Å². The van der Waals surface area contributed by atoms with E-state index in [1.54, 1.807) is 0 Å². The van der Waals surface area contributed by atoms with E-state index in [1.165, 1.54) is 18.0 Å². The molecule has 1 saturated heterocycles. The van der Waals surface area contributed by atoms with E-state index in [2.05, 4.69) is 10.6 Å². The van der Waals surface area contributed by atoms with Gasteiger partial charge in [0.2, 0.25) is 0 Å². The van der Waals surface area contributed by atoms with Crippen LogP contribution in [0.1, 0.15) is 6.42 Å². The highest BCUT2D eigenvalue weighted by Gasteiger charge is 2.22. The molecular formula is C13H20N4O3S. The minimum Gasteiger partial charge on any atom is -0.480 e. The molecule has 3 N–H and O–H groups in total.